The van der Waals surface area contributed by atoms with Crippen molar-refractivity contribution in [2.75, 3.05) is 26.7 Å². The number of ether oxygens (including phenoxy) is 2. The number of carbonyl (C=O) groups excluding carboxylic acids is 2. The quantitative estimate of drug-likeness (QED) is 0.275. The molecule has 0 heterocycles. The molecule has 0 aliphatic heterocycles. The van der Waals surface area contributed by atoms with Crippen LogP contribution in [0.4, 0.5) is 9.59 Å². The van der Waals surface area contributed by atoms with Gasteiger partial charge in [0.2, 0.25) is 0 Å². The summed E-state index contributed by atoms with van der Waals surface area (Å²) in [6, 6.07) is -0.114. The third-order valence-corrected chi connectivity index (χ3v) is 3.53. The predicted molar refractivity (Wildman–Crippen MR) is 116 cm³/mol. The van der Waals surface area contributed by atoms with Gasteiger partial charge in [0.1, 0.15) is 11.2 Å². The van der Waals surface area contributed by atoms with Gasteiger partial charge in [0.25, 0.3) is 0 Å². The van der Waals surface area contributed by atoms with Gasteiger partial charge in [0, 0.05) is 26.7 Å². The molecule has 1 unspecified atom stereocenters. The van der Waals surface area contributed by atoms with Crippen LogP contribution in [0.5, 0.6) is 0 Å². The third-order valence-electron chi connectivity index (χ3n) is 3.53. The van der Waals surface area contributed by atoms with E-state index in [4.69, 9.17) is 9.47 Å². The number of rotatable bonds is 8. The maximum absolute atomic E-state index is 12.0. The Morgan fingerprint density at radius 3 is 1.86 bits per heavy atom. The molecule has 0 aromatic rings. The van der Waals surface area contributed by atoms with Crippen LogP contribution in [-0.2, 0) is 9.47 Å². The van der Waals surface area contributed by atoms with E-state index in [1.807, 2.05) is 55.4 Å². The van der Waals surface area contributed by atoms with Crippen molar-refractivity contribution in [1.82, 2.24) is 21.3 Å². The summed E-state index contributed by atoms with van der Waals surface area (Å²) in [5.74, 6) is 0.838. The average Bonchev–Trinajstić information content (AvgIpc) is 2.52. The smallest absolute Gasteiger partial charge is 0.407 e. The molecule has 0 rings (SSSR count). The van der Waals surface area contributed by atoms with Crippen LogP contribution in [0.1, 0.15) is 61.8 Å². The zero-order valence-electron chi connectivity index (χ0n) is 19.6. The minimum absolute atomic E-state index is 0.114. The maximum atomic E-state index is 12.0. The molecule has 9 heteroatoms. The monoisotopic (exact) mass is 415 g/mol. The summed E-state index contributed by atoms with van der Waals surface area (Å²) in [5.41, 5.74) is -1.04. The van der Waals surface area contributed by atoms with Crippen LogP contribution in [0.2, 0.25) is 0 Å². The summed E-state index contributed by atoms with van der Waals surface area (Å²) in [6.45, 7) is 16.7. The molecule has 0 bridgehead atoms. The number of hydrogen-bond donors (Lipinski definition) is 4. The summed E-state index contributed by atoms with van der Waals surface area (Å²) < 4.78 is 10.5. The van der Waals surface area contributed by atoms with Gasteiger partial charge in [-0.1, -0.05) is 13.8 Å². The molecule has 4 N–H and O–H groups in total. The second-order valence-corrected chi connectivity index (χ2v) is 9.16. The van der Waals surface area contributed by atoms with Gasteiger partial charge >= 0.3 is 12.2 Å². The van der Waals surface area contributed by atoms with E-state index in [0.29, 0.717) is 32.0 Å². The first-order valence-electron chi connectivity index (χ1n) is 10.1. The Kier molecular flexibility index (Phi) is 11.5. The number of alkyl carbamates (subject to hydrolysis) is 2. The highest BCUT2D eigenvalue weighted by molar-refractivity contribution is 5.79. The molecule has 0 spiro atoms. The lowest BCUT2D eigenvalue weighted by molar-refractivity contribution is 0.0488. The zero-order chi connectivity index (χ0) is 22.7. The fourth-order valence-electron chi connectivity index (χ4n) is 2.14. The molecule has 0 radical (unpaired) electrons. The molecule has 0 saturated carbocycles. The first-order chi connectivity index (χ1) is 13.2. The fourth-order valence-corrected chi connectivity index (χ4v) is 2.14. The lowest BCUT2D eigenvalue weighted by Gasteiger charge is -2.26. The Hall–Kier alpha value is -2.19. The van der Waals surface area contributed by atoms with Crippen LogP contribution < -0.4 is 21.3 Å². The number of carbonyl (C=O) groups is 2. The fraction of sp³-hybridized carbons (Fsp3) is 0.850. The van der Waals surface area contributed by atoms with E-state index in [9.17, 15) is 9.59 Å². The molecule has 0 aliphatic carbocycles. The van der Waals surface area contributed by atoms with Crippen LogP contribution in [0.15, 0.2) is 4.99 Å². The van der Waals surface area contributed by atoms with Crippen molar-refractivity contribution in [3.05, 3.63) is 0 Å². The number of aliphatic imine (C=N–C) groups is 1. The Morgan fingerprint density at radius 2 is 1.38 bits per heavy atom. The lowest BCUT2D eigenvalue weighted by Crippen LogP contribution is -2.50. The molecule has 170 valence electrons. The summed E-state index contributed by atoms with van der Waals surface area (Å²) >= 11 is 0. The Labute approximate surface area is 175 Å². The molecular weight excluding hydrogens is 374 g/mol. The lowest BCUT2D eigenvalue weighted by atomic mass is 10.0. The van der Waals surface area contributed by atoms with Gasteiger partial charge in [0.05, 0.1) is 6.04 Å². The van der Waals surface area contributed by atoms with Crippen LogP contribution >= 0.6 is 0 Å². The van der Waals surface area contributed by atoms with Crippen LogP contribution in [0, 0.1) is 5.92 Å². The topological polar surface area (TPSA) is 113 Å². The molecule has 0 fully saturated rings. The van der Waals surface area contributed by atoms with Crippen molar-refractivity contribution in [3.63, 3.8) is 0 Å². The molecule has 0 aromatic heterocycles. The summed E-state index contributed by atoms with van der Waals surface area (Å²) in [6.07, 6.45) is -0.147. The van der Waals surface area contributed by atoms with E-state index >= 15 is 0 Å². The second kappa shape index (κ2) is 12.4. The minimum Gasteiger partial charge on any atom is -0.444 e. The van der Waals surface area contributed by atoms with Gasteiger partial charge in [-0.25, -0.2) is 9.59 Å². The zero-order valence-corrected chi connectivity index (χ0v) is 19.6. The molecular formula is C20H41N5O4. The van der Waals surface area contributed by atoms with Gasteiger partial charge in [-0.3, -0.25) is 4.99 Å². The van der Waals surface area contributed by atoms with E-state index in [1.54, 1.807) is 7.05 Å². The van der Waals surface area contributed by atoms with Gasteiger partial charge in [-0.05, 0) is 53.9 Å². The molecule has 0 aliphatic rings. The minimum atomic E-state index is -0.538. The highest BCUT2D eigenvalue weighted by Gasteiger charge is 2.21. The van der Waals surface area contributed by atoms with Crippen molar-refractivity contribution in [2.45, 2.75) is 79.1 Å². The normalized spacial score (nSPS) is 13.5. The summed E-state index contributed by atoms with van der Waals surface area (Å²) in [4.78, 5) is 27.8. The predicted octanol–water partition coefficient (Wildman–Crippen LogP) is 2.62. The van der Waals surface area contributed by atoms with Crippen molar-refractivity contribution in [1.29, 1.82) is 0 Å². The van der Waals surface area contributed by atoms with E-state index in [0.717, 1.165) is 0 Å². The summed E-state index contributed by atoms with van der Waals surface area (Å²) in [7, 11) is 1.68. The van der Waals surface area contributed by atoms with Gasteiger partial charge in [0.15, 0.2) is 5.96 Å². The number of guanidine groups is 1. The maximum Gasteiger partial charge on any atom is 0.407 e. The molecule has 29 heavy (non-hydrogen) atoms. The van der Waals surface area contributed by atoms with Crippen molar-refractivity contribution >= 4 is 18.1 Å². The van der Waals surface area contributed by atoms with Crippen LogP contribution in [0.25, 0.3) is 0 Å². The first-order valence-corrected chi connectivity index (χ1v) is 10.1. The van der Waals surface area contributed by atoms with Crippen molar-refractivity contribution < 1.29 is 19.1 Å². The Bertz CT molecular complexity index is 536. The molecule has 0 saturated heterocycles. The van der Waals surface area contributed by atoms with E-state index in [2.05, 4.69) is 26.3 Å². The standard InChI is InChI=1S/C20H41N5O4/c1-14(2)15(25-18(27)29-20(6,7)8)13-24-16(21-9)22-11-10-12-23-17(26)28-19(3,4)5/h14-15H,10-13H2,1-9H3,(H,23,26)(H,25,27)(H2,21,22,24). The van der Waals surface area contributed by atoms with E-state index in [-0.39, 0.29) is 12.0 Å². The van der Waals surface area contributed by atoms with Gasteiger partial charge < -0.3 is 30.7 Å². The summed E-state index contributed by atoms with van der Waals surface area (Å²) in [5, 5.41) is 12.0. The van der Waals surface area contributed by atoms with Gasteiger partial charge in [-0.15, -0.1) is 0 Å². The SMILES string of the molecule is CN=C(NCCCNC(=O)OC(C)(C)C)NCC(NC(=O)OC(C)(C)C)C(C)C. The van der Waals surface area contributed by atoms with E-state index in [1.165, 1.54) is 0 Å². The number of nitrogens with one attached hydrogen (secondary N) is 4. The highest BCUT2D eigenvalue weighted by Crippen LogP contribution is 2.08. The second-order valence-electron chi connectivity index (χ2n) is 9.16. The van der Waals surface area contributed by atoms with E-state index < -0.39 is 23.4 Å². The van der Waals surface area contributed by atoms with Crippen molar-refractivity contribution in [2.24, 2.45) is 10.9 Å². The number of hydrogen-bond acceptors (Lipinski definition) is 5. The number of amides is 2. The molecule has 9 nitrogen and oxygen atoms in total. The average molecular weight is 416 g/mol. The Balaban J connectivity index is 4.26. The van der Waals surface area contributed by atoms with Crippen LogP contribution in [0.3, 0.4) is 0 Å². The van der Waals surface area contributed by atoms with Crippen LogP contribution in [-0.4, -0.2) is 62.1 Å². The molecule has 1 atom stereocenters. The third kappa shape index (κ3) is 15.4. The first kappa shape index (κ1) is 26.8. The molecule has 0 aromatic carbocycles. The molecule has 2 amide bonds. The largest absolute Gasteiger partial charge is 0.444 e. The Morgan fingerprint density at radius 1 is 0.862 bits per heavy atom. The number of nitrogens with zero attached hydrogens (tertiary/aromatic N) is 1. The van der Waals surface area contributed by atoms with Gasteiger partial charge in [-0.2, -0.15) is 0 Å². The van der Waals surface area contributed by atoms with Crippen molar-refractivity contribution in [3.8, 4) is 0 Å². The highest BCUT2D eigenvalue weighted by atomic mass is 16.6.